The molecule has 19 heavy (non-hydrogen) atoms. The van der Waals surface area contributed by atoms with Gasteiger partial charge in [-0.1, -0.05) is 24.3 Å². The largest absolute Gasteiger partial charge is 0.383 e. The van der Waals surface area contributed by atoms with Gasteiger partial charge in [0.25, 0.3) is 5.91 Å². The van der Waals surface area contributed by atoms with Crippen LogP contribution >= 0.6 is 0 Å². The van der Waals surface area contributed by atoms with Crippen LogP contribution in [0.25, 0.3) is 10.8 Å². The number of fused-ring (bicyclic) bond motifs is 1. The van der Waals surface area contributed by atoms with Gasteiger partial charge in [-0.25, -0.2) is 4.98 Å². The van der Waals surface area contributed by atoms with Crippen molar-refractivity contribution in [2.24, 2.45) is 0 Å². The van der Waals surface area contributed by atoms with Crippen molar-refractivity contribution in [3.63, 3.8) is 0 Å². The molecule has 0 radical (unpaired) electrons. The number of hydrogen-bond acceptors (Lipinski definition) is 4. The Morgan fingerprint density at radius 2 is 2.11 bits per heavy atom. The molecule has 0 aliphatic heterocycles. The maximum Gasteiger partial charge on any atom is 0.253 e. The second-order valence-electron chi connectivity index (χ2n) is 4.43. The van der Waals surface area contributed by atoms with Crippen LogP contribution < -0.4 is 11.1 Å². The lowest BCUT2D eigenvalue weighted by molar-refractivity contribution is 0.0907. The van der Waals surface area contributed by atoms with E-state index in [0.717, 1.165) is 10.8 Å². The molecule has 2 aromatic rings. The summed E-state index contributed by atoms with van der Waals surface area (Å²) in [6, 6.07) is 7.40. The minimum Gasteiger partial charge on any atom is -0.383 e. The molecule has 0 spiro atoms. The number of amides is 1. The van der Waals surface area contributed by atoms with E-state index in [1.165, 1.54) is 6.20 Å². The van der Waals surface area contributed by atoms with Crippen LogP contribution in [-0.4, -0.2) is 30.6 Å². The molecule has 2 rings (SSSR count). The number of rotatable bonds is 4. The number of nitrogens with one attached hydrogen (secondary N) is 1. The average Bonchev–Trinajstić information content (AvgIpc) is 2.39. The van der Waals surface area contributed by atoms with Crippen molar-refractivity contribution in [1.82, 2.24) is 10.3 Å². The molecular weight excluding hydrogens is 242 g/mol. The molecule has 0 saturated carbocycles. The summed E-state index contributed by atoms with van der Waals surface area (Å²) in [6.07, 6.45) is 1.51. The number of carbonyl (C=O) groups is 1. The number of methoxy groups -OCH3 is 1. The third-order valence-corrected chi connectivity index (χ3v) is 2.86. The maximum absolute atomic E-state index is 12.2. The summed E-state index contributed by atoms with van der Waals surface area (Å²) in [5, 5.41) is 4.45. The number of nitrogens with zero attached hydrogens (tertiary/aromatic N) is 1. The number of nitrogen functional groups attached to an aromatic ring is 1. The van der Waals surface area contributed by atoms with E-state index in [1.54, 1.807) is 7.11 Å². The van der Waals surface area contributed by atoms with Gasteiger partial charge in [-0.05, 0) is 12.3 Å². The third-order valence-electron chi connectivity index (χ3n) is 2.86. The molecular formula is C14H17N3O2. The van der Waals surface area contributed by atoms with Gasteiger partial charge in [-0.2, -0.15) is 0 Å². The van der Waals surface area contributed by atoms with E-state index in [0.29, 0.717) is 18.0 Å². The molecule has 100 valence electrons. The van der Waals surface area contributed by atoms with E-state index in [-0.39, 0.29) is 11.9 Å². The summed E-state index contributed by atoms with van der Waals surface area (Å²) >= 11 is 0. The highest BCUT2D eigenvalue weighted by molar-refractivity contribution is 6.09. The fourth-order valence-electron chi connectivity index (χ4n) is 1.99. The fraction of sp³-hybridized carbons (Fsp3) is 0.286. The van der Waals surface area contributed by atoms with Crippen LogP contribution in [-0.2, 0) is 4.74 Å². The number of aromatic nitrogens is 1. The molecule has 1 atom stereocenters. The summed E-state index contributed by atoms with van der Waals surface area (Å²) in [7, 11) is 1.60. The van der Waals surface area contributed by atoms with Gasteiger partial charge >= 0.3 is 0 Å². The highest BCUT2D eigenvalue weighted by Crippen LogP contribution is 2.22. The van der Waals surface area contributed by atoms with Crippen LogP contribution in [0.15, 0.2) is 30.5 Å². The van der Waals surface area contributed by atoms with Crippen molar-refractivity contribution in [2.75, 3.05) is 19.5 Å². The highest BCUT2D eigenvalue weighted by Gasteiger charge is 2.14. The zero-order valence-corrected chi connectivity index (χ0v) is 11.0. The van der Waals surface area contributed by atoms with Crippen LogP contribution in [0.2, 0.25) is 0 Å². The van der Waals surface area contributed by atoms with Gasteiger partial charge in [-0.3, -0.25) is 4.79 Å². The van der Waals surface area contributed by atoms with Gasteiger partial charge in [0.05, 0.1) is 12.2 Å². The molecule has 0 fully saturated rings. The number of carbonyl (C=O) groups excluding carboxylic acids is 1. The van der Waals surface area contributed by atoms with Crippen molar-refractivity contribution < 1.29 is 9.53 Å². The molecule has 1 aromatic carbocycles. The quantitative estimate of drug-likeness (QED) is 0.874. The summed E-state index contributed by atoms with van der Waals surface area (Å²) in [5.74, 6) is 0.255. The van der Waals surface area contributed by atoms with E-state index in [1.807, 2.05) is 31.2 Å². The average molecular weight is 259 g/mol. The fourth-order valence-corrected chi connectivity index (χ4v) is 1.99. The zero-order chi connectivity index (χ0) is 13.8. The monoisotopic (exact) mass is 259 g/mol. The summed E-state index contributed by atoms with van der Waals surface area (Å²) in [4.78, 5) is 16.3. The van der Waals surface area contributed by atoms with Gasteiger partial charge in [0.2, 0.25) is 0 Å². The van der Waals surface area contributed by atoms with Crippen molar-refractivity contribution in [1.29, 1.82) is 0 Å². The zero-order valence-electron chi connectivity index (χ0n) is 11.0. The highest BCUT2D eigenvalue weighted by atomic mass is 16.5. The minimum atomic E-state index is -0.173. The maximum atomic E-state index is 12.2. The summed E-state index contributed by atoms with van der Waals surface area (Å²) < 4.78 is 5.00. The molecule has 1 aromatic heterocycles. The van der Waals surface area contributed by atoms with Crippen LogP contribution in [0, 0.1) is 0 Å². The van der Waals surface area contributed by atoms with Gasteiger partial charge in [0.15, 0.2) is 0 Å². The molecule has 1 unspecified atom stereocenters. The van der Waals surface area contributed by atoms with Gasteiger partial charge in [-0.15, -0.1) is 0 Å². The first-order chi connectivity index (χ1) is 9.13. The van der Waals surface area contributed by atoms with Crippen molar-refractivity contribution in [2.45, 2.75) is 13.0 Å². The van der Waals surface area contributed by atoms with E-state index in [4.69, 9.17) is 10.5 Å². The van der Waals surface area contributed by atoms with Crippen molar-refractivity contribution in [3.8, 4) is 0 Å². The second-order valence-corrected chi connectivity index (χ2v) is 4.43. The summed E-state index contributed by atoms with van der Waals surface area (Å²) in [6.45, 7) is 2.35. The third kappa shape index (κ3) is 2.82. The topological polar surface area (TPSA) is 77.2 Å². The number of ether oxygens (including phenoxy) is 1. The van der Waals surface area contributed by atoms with Crippen molar-refractivity contribution in [3.05, 3.63) is 36.0 Å². The first-order valence-corrected chi connectivity index (χ1v) is 6.06. The summed E-state index contributed by atoms with van der Waals surface area (Å²) in [5.41, 5.74) is 6.33. The van der Waals surface area contributed by atoms with Crippen LogP contribution in [0.4, 0.5) is 5.82 Å². The van der Waals surface area contributed by atoms with Crippen LogP contribution in [0.1, 0.15) is 17.3 Å². The molecule has 3 N–H and O–H groups in total. The second kappa shape index (κ2) is 5.67. The van der Waals surface area contributed by atoms with Gasteiger partial charge < -0.3 is 15.8 Å². The smallest absolute Gasteiger partial charge is 0.253 e. The van der Waals surface area contributed by atoms with Crippen LogP contribution in [0.3, 0.4) is 0 Å². The molecule has 1 amide bonds. The molecule has 1 heterocycles. The van der Waals surface area contributed by atoms with Gasteiger partial charge in [0.1, 0.15) is 5.82 Å². The number of pyridine rings is 1. The molecule has 0 aliphatic carbocycles. The normalized spacial score (nSPS) is 12.3. The minimum absolute atomic E-state index is 0.0613. The Morgan fingerprint density at radius 3 is 2.79 bits per heavy atom. The Labute approximate surface area is 111 Å². The number of anilines is 1. The Hall–Kier alpha value is -2.14. The molecule has 5 nitrogen and oxygen atoms in total. The number of nitrogens with two attached hydrogens (primary N) is 1. The molecule has 5 heteroatoms. The Kier molecular flexibility index (Phi) is 3.97. The van der Waals surface area contributed by atoms with Gasteiger partial charge in [0, 0.05) is 24.7 Å². The SMILES string of the molecule is COCC(C)NC(=O)c1cnc(N)c2ccccc12. The van der Waals surface area contributed by atoms with E-state index in [9.17, 15) is 4.79 Å². The first kappa shape index (κ1) is 13.3. The Bertz CT molecular complexity index is 598. The number of benzene rings is 1. The van der Waals surface area contributed by atoms with E-state index < -0.39 is 0 Å². The lowest BCUT2D eigenvalue weighted by atomic mass is 10.1. The molecule has 0 bridgehead atoms. The van der Waals surface area contributed by atoms with Crippen molar-refractivity contribution >= 4 is 22.5 Å². The lowest BCUT2D eigenvalue weighted by Crippen LogP contribution is -2.35. The Morgan fingerprint density at radius 1 is 1.42 bits per heavy atom. The number of hydrogen-bond donors (Lipinski definition) is 2. The standard InChI is InChI=1S/C14H17N3O2/c1-9(8-19-2)17-14(18)12-7-16-13(15)11-6-4-3-5-10(11)12/h3-7,9H,8H2,1-2H3,(H2,15,16)(H,17,18). The Balaban J connectivity index is 2.35. The van der Waals surface area contributed by atoms with E-state index >= 15 is 0 Å². The van der Waals surface area contributed by atoms with E-state index in [2.05, 4.69) is 10.3 Å². The van der Waals surface area contributed by atoms with Crippen LogP contribution in [0.5, 0.6) is 0 Å². The lowest BCUT2D eigenvalue weighted by Gasteiger charge is -2.14. The molecule has 0 aliphatic rings. The first-order valence-electron chi connectivity index (χ1n) is 6.06. The predicted molar refractivity (Wildman–Crippen MR) is 75.0 cm³/mol. The predicted octanol–water partition coefficient (Wildman–Crippen LogP) is 1.58. The molecule has 0 saturated heterocycles.